The third kappa shape index (κ3) is 8.02. The first kappa shape index (κ1) is 18.7. The van der Waals surface area contributed by atoms with Gasteiger partial charge < -0.3 is 9.47 Å². The van der Waals surface area contributed by atoms with E-state index in [9.17, 15) is 9.59 Å². The summed E-state index contributed by atoms with van der Waals surface area (Å²) in [4.78, 5) is 25.0. The number of ether oxygens (including phenoxy) is 2. The molecule has 5 nitrogen and oxygen atoms in total. The number of hydrogen-bond acceptors (Lipinski definition) is 4. The first-order valence-electron chi connectivity index (χ1n) is 6.90. The van der Waals surface area contributed by atoms with Crippen molar-refractivity contribution in [2.75, 3.05) is 20.3 Å². The van der Waals surface area contributed by atoms with Gasteiger partial charge in [0.2, 0.25) is 0 Å². The summed E-state index contributed by atoms with van der Waals surface area (Å²) in [5.74, 6) is -0.421. The lowest BCUT2D eigenvalue weighted by molar-refractivity contribution is -0.151. The molecule has 1 amide bonds. The lowest BCUT2D eigenvalue weighted by Gasteiger charge is -2.26. The van der Waals surface area contributed by atoms with Crippen molar-refractivity contribution in [2.24, 2.45) is 10.8 Å². The van der Waals surface area contributed by atoms with Crippen LogP contribution in [0.15, 0.2) is 0 Å². The van der Waals surface area contributed by atoms with E-state index < -0.39 is 18.1 Å². The molecule has 0 rings (SSSR count). The van der Waals surface area contributed by atoms with Gasteiger partial charge in [-0.1, -0.05) is 41.5 Å². The summed E-state index contributed by atoms with van der Waals surface area (Å²) < 4.78 is 10.4. The number of likely N-dealkylation sites (N-methyl/N-ethyl adjacent to an activating group) is 1. The highest BCUT2D eigenvalue weighted by Crippen LogP contribution is 2.15. The second kappa shape index (κ2) is 6.95. The molecule has 0 aliphatic rings. The summed E-state index contributed by atoms with van der Waals surface area (Å²) in [6, 6.07) is -0.662. The minimum atomic E-state index is -0.662. The Morgan fingerprint density at radius 2 is 1.35 bits per heavy atom. The van der Waals surface area contributed by atoms with Crippen molar-refractivity contribution in [3.63, 3.8) is 0 Å². The van der Waals surface area contributed by atoms with E-state index in [2.05, 4.69) is 0 Å². The molecule has 0 aromatic heterocycles. The maximum atomic E-state index is 11.9. The Balaban J connectivity index is 4.35. The first-order valence-corrected chi connectivity index (χ1v) is 6.90. The Labute approximate surface area is 122 Å². The van der Waals surface area contributed by atoms with Crippen LogP contribution < -0.4 is 0 Å². The summed E-state index contributed by atoms with van der Waals surface area (Å²) in [5, 5.41) is 0. The standard InChI is InChI=1S/C15H29NO4/c1-11(12(17)19-9-14(2,3)4)16(8)13(18)20-10-15(5,6)7/h11H,9-10H2,1-8H3. The smallest absolute Gasteiger partial charge is 0.410 e. The molecule has 0 aromatic carbocycles. The number of rotatable bonds is 4. The SMILES string of the molecule is CC(C(=O)OCC(C)(C)C)N(C)C(=O)OCC(C)(C)C. The molecule has 5 heteroatoms. The highest BCUT2D eigenvalue weighted by atomic mass is 16.6. The van der Waals surface area contributed by atoms with Crippen LogP contribution in [0.5, 0.6) is 0 Å². The largest absolute Gasteiger partial charge is 0.464 e. The molecule has 0 aromatic rings. The van der Waals surface area contributed by atoms with E-state index in [4.69, 9.17) is 9.47 Å². The fraction of sp³-hybridized carbons (Fsp3) is 0.867. The van der Waals surface area contributed by atoms with Crippen molar-refractivity contribution in [3.8, 4) is 0 Å². The van der Waals surface area contributed by atoms with Crippen LogP contribution >= 0.6 is 0 Å². The van der Waals surface area contributed by atoms with E-state index in [1.165, 1.54) is 11.9 Å². The van der Waals surface area contributed by atoms with Gasteiger partial charge in [0.25, 0.3) is 0 Å². The summed E-state index contributed by atoms with van der Waals surface area (Å²) in [7, 11) is 1.54. The summed E-state index contributed by atoms with van der Waals surface area (Å²) >= 11 is 0. The van der Waals surface area contributed by atoms with Crippen LogP contribution in [0, 0.1) is 10.8 Å². The van der Waals surface area contributed by atoms with Crippen molar-refractivity contribution in [1.29, 1.82) is 0 Å². The third-order valence-electron chi connectivity index (χ3n) is 2.49. The zero-order chi connectivity index (χ0) is 16.1. The van der Waals surface area contributed by atoms with Gasteiger partial charge in [0.1, 0.15) is 6.04 Å². The van der Waals surface area contributed by atoms with Gasteiger partial charge in [0.15, 0.2) is 0 Å². The number of hydrogen-bond donors (Lipinski definition) is 0. The van der Waals surface area contributed by atoms with Gasteiger partial charge in [0.05, 0.1) is 13.2 Å². The lowest BCUT2D eigenvalue weighted by atomic mass is 9.99. The molecule has 20 heavy (non-hydrogen) atoms. The van der Waals surface area contributed by atoms with Crippen LogP contribution in [0.1, 0.15) is 48.5 Å². The summed E-state index contributed by atoms with van der Waals surface area (Å²) in [5.41, 5.74) is -0.201. The number of carbonyl (C=O) groups is 2. The van der Waals surface area contributed by atoms with Crippen molar-refractivity contribution >= 4 is 12.1 Å². The maximum absolute atomic E-state index is 11.9. The molecule has 0 N–H and O–H groups in total. The predicted molar refractivity (Wildman–Crippen MR) is 78.4 cm³/mol. The minimum Gasteiger partial charge on any atom is -0.464 e. The van der Waals surface area contributed by atoms with Gasteiger partial charge in [-0.25, -0.2) is 9.59 Å². The van der Waals surface area contributed by atoms with Crippen LogP contribution in [0.2, 0.25) is 0 Å². The molecule has 0 bridgehead atoms. The quantitative estimate of drug-likeness (QED) is 0.746. The first-order chi connectivity index (χ1) is 8.83. The average Bonchev–Trinajstić information content (AvgIpc) is 2.29. The molecule has 0 aliphatic heterocycles. The van der Waals surface area contributed by atoms with Gasteiger partial charge in [-0.05, 0) is 17.8 Å². The molecule has 0 fully saturated rings. The van der Waals surface area contributed by atoms with Crippen molar-refractivity contribution in [2.45, 2.75) is 54.5 Å². The second-order valence-corrected chi connectivity index (χ2v) is 7.57. The molecule has 0 radical (unpaired) electrons. The molecule has 118 valence electrons. The Morgan fingerprint density at radius 1 is 0.950 bits per heavy atom. The topological polar surface area (TPSA) is 55.8 Å². The van der Waals surface area contributed by atoms with Crippen molar-refractivity contribution in [3.05, 3.63) is 0 Å². The zero-order valence-corrected chi connectivity index (χ0v) is 14.1. The van der Waals surface area contributed by atoms with Crippen LogP contribution in [0.25, 0.3) is 0 Å². The maximum Gasteiger partial charge on any atom is 0.410 e. The van der Waals surface area contributed by atoms with Crippen molar-refractivity contribution in [1.82, 2.24) is 4.90 Å². The Bertz CT molecular complexity index is 305. The number of amides is 1. The van der Waals surface area contributed by atoms with E-state index in [0.717, 1.165) is 0 Å². The second-order valence-electron chi connectivity index (χ2n) is 7.57. The molecular formula is C15H29NO4. The minimum absolute atomic E-state index is 0.0965. The van der Waals surface area contributed by atoms with E-state index in [0.29, 0.717) is 13.2 Å². The Kier molecular flexibility index (Phi) is 6.51. The summed E-state index contributed by atoms with van der Waals surface area (Å²) in [6.07, 6.45) is -0.514. The Hall–Kier alpha value is -1.26. The molecule has 1 unspecified atom stereocenters. The van der Waals surface area contributed by atoms with Gasteiger partial charge in [-0.15, -0.1) is 0 Å². The molecular weight excluding hydrogens is 258 g/mol. The molecule has 0 saturated heterocycles. The fourth-order valence-electron chi connectivity index (χ4n) is 1.10. The van der Waals surface area contributed by atoms with Crippen molar-refractivity contribution < 1.29 is 19.1 Å². The Morgan fingerprint density at radius 3 is 1.75 bits per heavy atom. The van der Waals surface area contributed by atoms with E-state index in [1.54, 1.807) is 6.92 Å². The van der Waals surface area contributed by atoms with Crippen LogP contribution in [-0.4, -0.2) is 43.3 Å². The van der Waals surface area contributed by atoms with Crippen LogP contribution in [0.3, 0.4) is 0 Å². The predicted octanol–water partition coefficient (Wildman–Crippen LogP) is 3.08. The van der Waals surface area contributed by atoms with E-state index in [-0.39, 0.29) is 10.8 Å². The third-order valence-corrected chi connectivity index (χ3v) is 2.49. The molecule has 0 heterocycles. The van der Waals surface area contributed by atoms with E-state index in [1.807, 2.05) is 41.5 Å². The van der Waals surface area contributed by atoms with Gasteiger partial charge in [0, 0.05) is 7.05 Å². The highest BCUT2D eigenvalue weighted by molar-refractivity contribution is 5.80. The van der Waals surface area contributed by atoms with Crippen LogP contribution in [0.4, 0.5) is 4.79 Å². The lowest BCUT2D eigenvalue weighted by Crippen LogP contribution is -2.42. The number of esters is 1. The number of carbonyl (C=O) groups excluding carboxylic acids is 2. The van der Waals surface area contributed by atoms with E-state index >= 15 is 0 Å². The summed E-state index contributed by atoms with van der Waals surface area (Å²) in [6.45, 7) is 14.1. The molecule has 0 aliphatic carbocycles. The number of nitrogens with zero attached hydrogens (tertiary/aromatic N) is 1. The monoisotopic (exact) mass is 287 g/mol. The van der Waals surface area contributed by atoms with Crippen LogP contribution in [-0.2, 0) is 14.3 Å². The average molecular weight is 287 g/mol. The molecule has 1 atom stereocenters. The normalized spacial score (nSPS) is 13.6. The molecule has 0 saturated carbocycles. The molecule has 0 spiro atoms. The fourth-order valence-corrected chi connectivity index (χ4v) is 1.10. The zero-order valence-electron chi connectivity index (χ0n) is 14.1. The van der Waals surface area contributed by atoms with Gasteiger partial charge in [-0.2, -0.15) is 0 Å². The van der Waals surface area contributed by atoms with Gasteiger partial charge >= 0.3 is 12.1 Å². The van der Waals surface area contributed by atoms with Gasteiger partial charge in [-0.3, -0.25) is 4.90 Å². The highest BCUT2D eigenvalue weighted by Gasteiger charge is 2.27.